The standard InChI is InChI=1S/C6H5NO/c1-2-5-8-6-3-4-7/h1,3,6H,5H2. The minimum atomic E-state index is 0.220. The summed E-state index contributed by atoms with van der Waals surface area (Å²) >= 11 is 0. The Hall–Kier alpha value is -1.41. The number of ether oxygens (including phenoxy) is 1. The molecule has 0 rings (SSSR count). The van der Waals surface area contributed by atoms with Crippen molar-refractivity contribution in [3.8, 4) is 18.4 Å². The number of rotatable bonds is 2. The minimum absolute atomic E-state index is 0.220. The van der Waals surface area contributed by atoms with Gasteiger partial charge >= 0.3 is 0 Å². The van der Waals surface area contributed by atoms with E-state index in [1.54, 1.807) is 6.07 Å². The molecule has 2 heteroatoms. The maximum absolute atomic E-state index is 7.90. The molecule has 0 fully saturated rings. The molecule has 0 aliphatic heterocycles. The molecule has 0 spiro atoms. The summed E-state index contributed by atoms with van der Waals surface area (Å²) in [6.45, 7) is 0.220. The smallest absolute Gasteiger partial charge is 0.147 e. The zero-order valence-corrected chi connectivity index (χ0v) is 4.29. The highest BCUT2D eigenvalue weighted by Gasteiger charge is 1.67. The average Bonchev–Trinajstić information content (AvgIpc) is 1.81. The van der Waals surface area contributed by atoms with Gasteiger partial charge < -0.3 is 4.74 Å². The van der Waals surface area contributed by atoms with Crippen molar-refractivity contribution in [2.45, 2.75) is 0 Å². The maximum atomic E-state index is 7.90. The fourth-order valence-electron chi connectivity index (χ4n) is 0.175. The predicted octanol–water partition coefficient (Wildman–Crippen LogP) is 0.673. The van der Waals surface area contributed by atoms with Crippen LogP contribution < -0.4 is 0 Å². The molecule has 40 valence electrons. The van der Waals surface area contributed by atoms with Gasteiger partial charge in [-0.15, -0.1) is 6.42 Å². The third-order valence-corrected chi connectivity index (χ3v) is 0.405. The molecular formula is C6H5NO. The second-order valence-electron chi connectivity index (χ2n) is 0.947. The monoisotopic (exact) mass is 107 g/mol. The molecule has 0 aromatic carbocycles. The maximum Gasteiger partial charge on any atom is 0.147 e. The molecule has 0 saturated carbocycles. The van der Waals surface area contributed by atoms with Crippen LogP contribution in [0.1, 0.15) is 0 Å². The average molecular weight is 107 g/mol. The first-order valence-electron chi connectivity index (χ1n) is 2.01. The van der Waals surface area contributed by atoms with Crippen molar-refractivity contribution in [2.75, 3.05) is 6.61 Å². The molecule has 0 N–H and O–H groups in total. The molecule has 0 atom stereocenters. The highest BCUT2D eigenvalue weighted by molar-refractivity contribution is 4.98. The van der Waals surface area contributed by atoms with Crippen molar-refractivity contribution in [3.63, 3.8) is 0 Å². The molecule has 0 aliphatic rings. The van der Waals surface area contributed by atoms with E-state index in [0.29, 0.717) is 0 Å². The number of nitriles is 1. The van der Waals surface area contributed by atoms with Gasteiger partial charge in [-0.1, -0.05) is 5.92 Å². The topological polar surface area (TPSA) is 33.0 Å². The van der Waals surface area contributed by atoms with Crippen LogP contribution in [0.2, 0.25) is 0 Å². The lowest BCUT2D eigenvalue weighted by atomic mass is 10.7. The van der Waals surface area contributed by atoms with E-state index in [4.69, 9.17) is 11.7 Å². The van der Waals surface area contributed by atoms with Crippen LogP contribution in [0.15, 0.2) is 12.3 Å². The first kappa shape index (κ1) is 6.59. The van der Waals surface area contributed by atoms with Gasteiger partial charge in [-0.3, -0.25) is 0 Å². The Morgan fingerprint density at radius 2 is 2.50 bits per heavy atom. The van der Waals surface area contributed by atoms with Gasteiger partial charge in [-0.05, 0) is 0 Å². The molecule has 0 amide bonds. The van der Waals surface area contributed by atoms with Crippen LogP contribution >= 0.6 is 0 Å². The predicted molar refractivity (Wildman–Crippen MR) is 29.5 cm³/mol. The largest absolute Gasteiger partial charge is 0.488 e. The van der Waals surface area contributed by atoms with Crippen molar-refractivity contribution in [3.05, 3.63) is 12.3 Å². The number of hydrogen-bond donors (Lipinski definition) is 0. The molecule has 0 unspecified atom stereocenters. The van der Waals surface area contributed by atoms with Gasteiger partial charge in [-0.25, -0.2) is 0 Å². The van der Waals surface area contributed by atoms with Gasteiger partial charge in [0.05, 0.1) is 18.4 Å². The molecule has 0 bridgehead atoms. The summed E-state index contributed by atoms with van der Waals surface area (Å²) in [5.74, 6) is 2.24. The second kappa shape index (κ2) is 5.59. The molecule has 0 aromatic rings. The summed E-state index contributed by atoms with van der Waals surface area (Å²) in [5.41, 5.74) is 0. The van der Waals surface area contributed by atoms with Crippen molar-refractivity contribution in [2.24, 2.45) is 0 Å². The summed E-state index contributed by atoms with van der Waals surface area (Å²) in [4.78, 5) is 0. The van der Waals surface area contributed by atoms with Crippen molar-refractivity contribution >= 4 is 0 Å². The summed E-state index contributed by atoms with van der Waals surface area (Å²) < 4.78 is 4.58. The summed E-state index contributed by atoms with van der Waals surface area (Å²) in [6.07, 6.45) is 7.30. The fraction of sp³-hybridized carbons (Fsp3) is 0.167. The number of hydrogen-bond acceptors (Lipinski definition) is 2. The third-order valence-electron chi connectivity index (χ3n) is 0.405. The Morgan fingerprint density at radius 1 is 1.75 bits per heavy atom. The lowest BCUT2D eigenvalue weighted by Gasteiger charge is -1.85. The zero-order valence-electron chi connectivity index (χ0n) is 4.29. The number of terminal acetylenes is 1. The first-order chi connectivity index (χ1) is 3.91. The molecule has 0 heterocycles. The van der Waals surface area contributed by atoms with E-state index in [-0.39, 0.29) is 6.61 Å². The number of nitrogens with zero attached hydrogens (tertiary/aromatic N) is 1. The van der Waals surface area contributed by atoms with Crippen LogP contribution in [0.25, 0.3) is 0 Å². The van der Waals surface area contributed by atoms with E-state index in [0.717, 1.165) is 0 Å². The van der Waals surface area contributed by atoms with Gasteiger partial charge in [0.2, 0.25) is 0 Å². The Bertz CT molecular complexity index is 147. The number of allylic oxidation sites excluding steroid dienone is 1. The molecule has 2 nitrogen and oxygen atoms in total. The lowest BCUT2D eigenvalue weighted by molar-refractivity contribution is 0.296. The highest BCUT2D eigenvalue weighted by Crippen LogP contribution is 1.72. The van der Waals surface area contributed by atoms with Crippen molar-refractivity contribution in [1.82, 2.24) is 0 Å². The molecule has 0 aliphatic carbocycles. The van der Waals surface area contributed by atoms with Crippen LogP contribution in [0.5, 0.6) is 0 Å². The van der Waals surface area contributed by atoms with Crippen LogP contribution in [-0.2, 0) is 4.74 Å². The molecule has 8 heavy (non-hydrogen) atoms. The van der Waals surface area contributed by atoms with E-state index in [1.165, 1.54) is 12.3 Å². The Labute approximate surface area is 48.4 Å². The quantitative estimate of drug-likeness (QED) is 0.225. The molecule has 0 radical (unpaired) electrons. The van der Waals surface area contributed by atoms with Gasteiger partial charge in [0, 0.05) is 0 Å². The van der Waals surface area contributed by atoms with Gasteiger partial charge in [0.15, 0.2) is 0 Å². The van der Waals surface area contributed by atoms with E-state index in [2.05, 4.69) is 10.7 Å². The molecule has 0 saturated heterocycles. The van der Waals surface area contributed by atoms with Gasteiger partial charge in [0.1, 0.15) is 6.61 Å². The van der Waals surface area contributed by atoms with E-state index < -0.39 is 0 Å². The van der Waals surface area contributed by atoms with E-state index in [1.807, 2.05) is 0 Å². The molecule has 0 aromatic heterocycles. The van der Waals surface area contributed by atoms with Crippen LogP contribution in [0.3, 0.4) is 0 Å². The first-order valence-corrected chi connectivity index (χ1v) is 2.01. The van der Waals surface area contributed by atoms with Gasteiger partial charge in [0.25, 0.3) is 0 Å². The Kier molecular flexibility index (Phi) is 4.60. The van der Waals surface area contributed by atoms with Crippen molar-refractivity contribution < 1.29 is 4.74 Å². The third kappa shape index (κ3) is 4.59. The minimum Gasteiger partial charge on any atom is -0.488 e. The Morgan fingerprint density at radius 3 is 3.00 bits per heavy atom. The summed E-state index contributed by atoms with van der Waals surface area (Å²) in [5, 5.41) is 7.90. The van der Waals surface area contributed by atoms with Crippen LogP contribution in [0, 0.1) is 23.7 Å². The fourth-order valence-corrected chi connectivity index (χ4v) is 0.175. The van der Waals surface area contributed by atoms with Crippen LogP contribution in [-0.4, -0.2) is 6.61 Å². The summed E-state index contributed by atoms with van der Waals surface area (Å²) in [7, 11) is 0. The second-order valence-corrected chi connectivity index (χ2v) is 0.947. The van der Waals surface area contributed by atoms with Gasteiger partial charge in [-0.2, -0.15) is 5.26 Å². The highest BCUT2D eigenvalue weighted by atomic mass is 16.5. The van der Waals surface area contributed by atoms with E-state index in [9.17, 15) is 0 Å². The Balaban J connectivity index is 3.10. The normalized spacial score (nSPS) is 7.75. The lowest BCUT2D eigenvalue weighted by Crippen LogP contribution is -1.77. The van der Waals surface area contributed by atoms with Crippen LogP contribution in [0.4, 0.5) is 0 Å². The SMILES string of the molecule is C#CCOC=CC#N. The van der Waals surface area contributed by atoms with Crippen molar-refractivity contribution in [1.29, 1.82) is 5.26 Å². The zero-order chi connectivity index (χ0) is 6.24. The van der Waals surface area contributed by atoms with E-state index >= 15 is 0 Å². The summed E-state index contributed by atoms with van der Waals surface area (Å²) in [6, 6.07) is 1.75. The molecular weight excluding hydrogens is 102 g/mol.